The average molecular weight is 416 g/mol. The van der Waals surface area contributed by atoms with Gasteiger partial charge in [0.15, 0.2) is 0 Å². The summed E-state index contributed by atoms with van der Waals surface area (Å²) in [7, 11) is 0. The first-order chi connectivity index (χ1) is 13.6. The monoisotopic (exact) mass is 415 g/mol. The van der Waals surface area contributed by atoms with Crippen LogP contribution in [0.1, 0.15) is 33.3 Å². The smallest absolute Gasteiger partial charge is 0.251 e. The second-order valence-corrected chi connectivity index (χ2v) is 7.49. The lowest BCUT2D eigenvalue weighted by molar-refractivity contribution is 0.0383. The Kier molecular flexibility index (Phi) is 5.67. The third-order valence-corrected chi connectivity index (χ3v) is 5.42. The summed E-state index contributed by atoms with van der Waals surface area (Å²) in [5.41, 5.74) is 3.69. The van der Waals surface area contributed by atoms with E-state index >= 15 is 0 Å². The van der Waals surface area contributed by atoms with E-state index in [0.717, 1.165) is 17.7 Å². The van der Waals surface area contributed by atoms with E-state index in [1.165, 1.54) is 5.56 Å². The minimum absolute atomic E-state index is 0.224. The minimum Gasteiger partial charge on any atom is -0.370 e. The number of carbonyl (C=O) groups is 1. The average Bonchev–Trinajstić information content (AvgIpc) is 3.12. The molecule has 0 saturated heterocycles. The molecule has 2 aromatic carbocycles. The van der Waals surface area contributed by atoms with Crippen molar-refractivity contribution >= 4 is 29.1 Å². The molecule has 0 saturated carbocycles. The first kappa shape index (κ1) is 19.0. The first-order valence-corrected chi connectivity index (χ1v) is 9.81. The fourth-order valence-corrected chi connectivity index (χ4v) is 3.56. The topological polar surface area (TPSA) is 56.1 Å². The maximum atomic E-state index is 12.4. The van der Waals surface area contributed by atoms with E-state index in [0.29, 0.717) is 35.3 Å². The standard InChI is InChI=1S/C21H19Cl2N3O2/c22-17-7-6-15(10-18(17)23)21(27)24-11-19-20-16(8-9-28-19)13-26(25-20)12-14-4-2-1-3-5-14/h1-7,10,13,19H,8-9,11-12H2,(H,24,27)/t19-/m1/s1. The Morgan fingerprint density at radius 1 is 1.18 bits per heavy atom. The first-order valence-electron chi connectivity index (χ1n) is 9.05. The summed E-state index contributed by atoms with van der Waals surface area (Å²) in [5.74, 6) is -0.224. The fourth-order valence-electron chi connectivity index (χ4n) is 3.26. The van der Waals surface area contributed by atoms with Crippen LogP contribution in [0.15, 0.2) is 54.7 Å². The molecule has 1 aromatic heterocycles. The molecular weight excluding hydrogens is 397 g/mol. The summed E-state index contributed by atoms with van der Waals surface area (Å²) in [6, 6.07) is 15.0. The van der Waals surface area contributed by atoms with Gasteiger partial charge in [-0.1, -0.05) is 53.5 Å². The highest BCUT2D eigenvalue weighted by molar-refractivity contribution is 6.42. The van der Waals surface area contributed by atoms with Crippen LogP contribution in [-0.2, 0) is 17.7 Å². The van der Waals surface area contributed by atoms with Gasteiger partial charge in [-0.15, -0.1) is 0 Å². The van der Waals surface area contributed by atoms with E-state index in [4.69, 9.17) is 33.0 Å². The Balaban J connectivity index is 1.44. The zero-order valence-corrected chi connectivity index (χ0v) is 16.6. The van der Waals surface area contributed by atoms with Crippen LogP contribution in [0.25, 0.3) is 0 Å². The molecule has 1 N–H and O–H groups in total. The van der Waals surface area contributed by atoms with Crippen molar-refractivity contribution in [3.8, 4) is 0 Å². The second-order valence-electron chi connectivity index (χ2n) is 6.67. The SMILES string of the molecule is O=C(NC[C@H]1OCCc2cn(Cc3ccccc3)nc21)c1ccc(Cl)c(Cl)c1. The van der Waals surface area contributed by atoms with Crippen LogP contribution in [0.3, 0.4) is 0 Å². The molecule has 1 amide bonds. The Labute approximate surface area is 173 Å². The predicted molar refractivity (Wildman–Crippen MR) is 109 cm³/mol. The summed E-state index contributed by atoms with van der Waals surface area (Å²) in [5, 5.41) is 8.38. The van der Waals surface area contributed by atoms with Crippen molar-refractivity contribution in [2.75, 3.05) is 13.2 Å². The zero-order valence-electron chi connectivity index (χ0n) is 15.1. The highest BCUT2D eigenvalue weighted by atomic mass is 35.5. The summed E-state index contributed by atoms with van der Waals surface area (Å²) >= 11 is 11.9. The normalized spacial score (nSPS) is 15.9. The molecule has 144 valence electrons. The maximum Gasteiger partial charge on any atom is 0.251 e. The van der Waals surface area contributed by atoms with Crippen molar-refractivity contribution < 1.29 is 9.53 Å². The number of hydrogen-bond acceptors (Lipinski definition) is 3. The van der Waals surface area contributed by atoms with E-state index in [9.17, 15) is 4.79 Å². The molecular formula is C21H19Cl2N3O2. The van der Waals surface area contributed by atoms with Crippen molar-refractivity contribution in [3.05, 3.63) is 87.2 Å². The highest BCUT2D eigenvalue weighted by Gasteiger charge is 2.25. The number of amides is 1. The molecule has 1 aliphatic heterocycles. The summed E-state index contributed by atoms with van der Waals surface area (Å²) in [6.45, 7) is 1.65. The van der Waals surface area contributed by atoms with Crippen molar-refractivity contribution in [2.45, 2.75) is 19.1 Å². The number of benzene rings is 2. The van der Waals surface area contributed by atoms with Gasteiger partial charge in [0.05, 0.1) is 28.9 Å². The van der Waals surface area contributed by atoms with E-state index in [-0.39, 0.29) is 12.0 Å². The van der Waals surface area contributed by atoms with E-state index < -0.39 is 0 Å². The molecule has 1 atom stereocenters. The molecule has 1 aliphatic rings. The number of nitrogens with one attached hydrogen (secondary N) is 1. The number of fused-ring (bicyclic) bond motifs is 1. The van der Waals surface area contributed by atoms with Gasteiger partial charge < -0.3 is 10.1 Å². The highest BCUT2D eigenvalue weighted by Crippen LogP contribution is 2.26. The van der Waals surface area contributed by atoms with Gasteiger partial charge in [-0.2, -0.15) is 5.10 Å². The van der Waals surface area contributed by atoms with Crippen molar-refractivity contribution in [1.82, 2.24) is 15.1 Å². The number of halogens is 2. The summed E-state index contributed by atoms with van der Waals surface area (Å²) < 4.78 is 7.79. The van der Waals surface area contributed by atoms with Gasteiger partial charge in [0.2, 0.25) is 0 Å². The number of carbonyl (C=O) groups excluding carboxylic acids is 1. The fraction of sp³-hybridized carbons (Fsp3) is 0.238. The largest absolute Gasteiger partial charge is 0.370 e. The second kappa shape index (κ2) is 8.35. The Hall–Kier alpha value is -2.34. The molecule has 0 unspecified atom stereocenters. The molecule has 7 heteroatoms. The quantitative estimate of drug-likeness (QED) is 0.676. The number of rotatable bonds is 5. The van der Waals surface area contributed by atoms with Gasteiger partial charge in [-0.05, 0) is 35.7 Å². The van der Waals surface area contributed by atoms with Gasteiger partial charge in [0, 0.05) is 18.3 Å². The van der Waals surface area contributed by atoms with Crippen molar-refractivity contribution in [3.63, 3.8) is 0 Å². The molecule has 3 aromatic rings. The number of nitrogens with zero attached hydrogens (tertiary/aromatic N) is 2. The Morgan fingerprint density at radius 2 is 2.00 bits per heavy atom. The van der Waals surface area contributed by atoms with Crippen LogP contribution in [0.4, 0.5) is 0 Å². The van der Waals surface area contributed by atoms with Crippen LogP contribution in [0.5, 0.6) is 0 Å². The van der Waals surface area contributed by atoms with Gasteiger partial charge >= 0.3 is 0 Å². The molecule has 5 nitrogen and oxygen atoms in total. The van der Waals surface area contributed by atoms with Crippen LogP contribution < -0.4 is 5.32 Å². The lowest BCUT2D eigenvalue weighted by Crippen LogP contribution is -2.31. The molecule has 0 fully saturated rings. The van der Waals surface area contributed by atoms with E-state index in [2.05, 4.69) is 23.6 Å². The van der Waals surface area contributed by atoms with E-state index in [1.807, 2.05) is 22.9 Å². The van der Waals surface area contributed by atoms with Crippen LogP contribution >= 0.6 is 23.2 Å². The van der Waals surface area contributed by atoms with Gasteiger partial charge in [-0.25, -0.2) is 0 Å². The van der Waals surface area contributed by atoms with Crippen molar-refractivity contribution in [2.24, 2.45) is 0 Å². The lowest BCUT2D eigenvalue weighted by Gasteiger charge is -2.22. The minimum atomic E-state index is -0.271. The summed E-state index contributed by atoms with van der Waals surface area (Å²) in [6.07, 6.45) is 2.62. The van der Waals surface area contributed by atoms with Crippen LogP contribution in [-0.4, -0.2) is 28.8 Å². The maximum absolute atomic E-state index is 12.4. The molecule has 28 heavy (non-hydrogen) atoms. The van der Waals surface area contributed by atoms with Crippen LogP contribution in [0.2, 0.25) is 10.0 Å². The summed E-state index contributed by atoms with van der Waals surface area (Å²) in [4.78, 5) is 12.4. The molecule has 0 spiro atoms. The predicted octanol–water partition coefficient (Wildman–Crippen LogP) is 4.28. The van der Waals surface area contributed by atoms with Gasteiger partial charge in [0.25, 0.3) is 5.91 Å². The molecule has 0 aliphatic carbocycles. The molecule has 2 heterocycles. The third kappa shape index (κ3) is 4.22. The lowest BCUT2D eigenvalue weighted by atomic mass is 10.1. The third-order valence-electron chi connectivity index (χ3n) is 4.68. The Bertz CT molecular complexity index is 989. The zero-order chi connectivity index (χ0) is 19.5. The van der Waals surface area contributed by atoms with Crippen molar-refractivity contribution in [1.29, 1.82) is 0 Å². The molecule has 0 radical (unpaired) electrons. The number of hydrogen-bond donors (Lipinski definition) is 1. The van der Waals surface area contributed by atoms with E-state index in [1.54, 1.807) is 18.2 Å². The molecule has 0 bridgehead atoms. The van der Waals surface area contributed by atoms with Gasteiger partial charge in [-0.3, -0.25) is 9.48 Å². The number of aromatic nitrogens is 2. The van der Waals surface area contributed by atoms with Crippen LogP contribution in [0, 0.1) is 0 Å². The number of ether oxygens (including phenoxy) is 1. The Morgan fingerprint density at radius 3 is 2.79 bits per heavy atom. The molecule has 4 rings (SSSR count). The van der Waals surface area contributed by atoms with Gasteiger partial charge in [0.1, 0.15) is 6.10 Å².